The Hall–Kier alpha value is -2.39. The third-order valence-corrected chi connectivity index (χ3v) is 4.93. The number of alkyl halides is 3. The quantitative estimate of drug-likeness (QED) is 0.441. The Morgan fingerprint density at radius 1 is 1.21 bits per heavy atom. The van der Waals surface area contributed by atoms with Gasteiger partial charge in [-0.25, -0.2) is 15.2 Å². The molecule has 1 saturated carbocycles. The summed E-state index contributed by atoms with van der Waals surface area (Å²) in [5, 5.41) is 0. The maximum atomic E-state index is 13.5. The van der Waals surface area contributed by atoms with Crippen LogP contribution in [0.5, 0.6) is 5.75 Å². The monoisotopic (exact) mass is 402 g/mol. The van der Waals surface area contributed by atoms with E-state index in [2.05, 4.69) is 4.98 Å². The van der Waals surface area contributed by atoms with Gasteiger partial charge in [0.25, 0.3) is 0 Å². The third kappa shape index (κ3) is 4.05. The second-order valence-electron chi connectivity index (χ2n) is 6.60. The Kier molecular flexibility index (Phi) is 4.68. The molecule has 0 atom stereocenters. The van der Waals surface area contributed by atoms with Gasteiger partial charge in [-0.15, -0.1) is 0 Å². The molecule has 0 radical (unpaired) electrons. The number of nitrogen functional groups attached to an aromatic ring is 1. The predicted octanol–water partition coefficient (Wildman–Crippen LogP) is 4.39. The van der Waals surface area contributed by atoms with Crippen LogP contribution in [-0.2, 0) is 16.5 Å². The molecule has 0 spiro atoms. The van der Waals surface area contributed by atoms with Gasteiger partial charge in [-0.3, -0.25) is 0 Å². The molecule has 1 aliphatic rings. The first-order valence-corrected chi connectivity index (χ1v) is 8.59. The van der Waals surface area contributed by atoms with E-state index in [9.17, 15) is 17.6 Å². The number of methoxy groups -OCH3 is 1. The maximum Gasteiger partial charge on any atom is 0.423 e. The van der Waals surface area contributed by atoms with Crippen LogP contribution in [0.25, 0.3) is 0 Å². The minimum absolute atomic E-state index is 0.163. The standard InChI is InChI=1S/C19H21F4N3O2/c1-27-18(12-2-4-13(20)5-3-12)9-6-14(7-10-18)28-15-8-11-25-17(26-24)16(15)19(21,22)23/h2-5,8,11,14H,6-7,9-10,24H2,1H3,(H,25,26)/t14-,18-/i1D3. The summed E-state index contributed by atoms with van der Waals surface area (Å²) in [4.78, 5) is 3.58. The van der Waals surface area contributed by atoms with Crippen LogP contribution in [-0.4, -0.2) is 18.1 Å². The van der Waals surface area contributed by atoms with E-state index in [1.165, 1.54) is 24.3 Å². The first kappa shape index (κ1) is 16.6. The van der Waals surface area contributed by atoms with Crippen LogP contribution in [0.4, 0.5) is 23.4 Å². The van der Waals surface area contributed by atoms with E-state index in [1.54, 1.807) is 0 Å². The molecule has 28 heavy (non-hydrogen) atoms. The molecule has 3 N–H and O–H groups in total. The SMILES string of the molecule is [2H]C([2H])([2H])O[C@]1(c2ccc(F)cc2)CC[C@@H](Oc2ccnc(NN)c2C(F)(F)F)CC1. The Morgan fingerprint density at radius 2 is 1.89 bits per heavy atom. The van der Waals surface area contributed by atoms with Gasteiger partial charge in [0.05, 0.1) is 15.8 Å². The molecule has 1 aromatic heterocycles. The zero-order valence-corrected chi connectivity index (χ0v) is 14.7. The van der Waals surface area contributed by atoms with Crippen molar-refractivity contribution in [1.29, 1.82) is 0 Å². The molecular weight excluding hydrogens is 378 g/mol. The van der Waals surface area contributed by atoms with Crippen molar-refractivity contribution in [2.24, 2.45) is 5.84 Å². The molecule has 0 bridgehead atoms. The van der Waals surface area contributed by atoms with Crippen LogP contribution in [0.1, 0.15) is 40.9 Å². The number of aromatic nitrogens is 1. The van der Waals surface area contributed by atoms with E-state index in [0.717, 1.165) is 12.3 Å². The van der Waals surface area contributed by atoms with Gasteiger partial charge in [-0.2, -0.15) is 13.2 Å². The normalized spacial score (nSPS) is 24.8. The minimum Gasteiger partial charge on any atom is -0.490 e. The van der Waals surface area contributed by atoms with Crippen LogP contribution >= 0.6 is 0 Å². The van der Waals surface area contributed by atoms with Gasteiger partial charge in [0.2, 0.25) is 0 Å². The summed E-state index contributed by atoms with van der Waals surface area (Å²) in [6.45, 7) is 0. The van der Waals surface area contributed by atoms with Crippen molar-refractivity contribution in [2.75, 3.05) is 12.5 Å². The predicted molar refractivity (Wildman–Crippen MR) is 95.0 cm³/mol. The number of halogens is 4. The number of benzene rings is 1. The van der Waals surface area contributed by atoms with Crippen molar-refractivity contribution in [3.63, 3.8) is 0 Å². The first-order valence-electron chi connectivity index (χ1n) is 10.1. The van der Waals surface area contributed by atoms with Crippen LogP contribution in [0.15, 0.2) is 36.5 Å². The van der Waals surface area contributed by atoms with Crippen molar-refractivity contribution in [2.45, 2.75) is 43.6 Å². The molecule has 0 amide bonds. The lowest BCUT2D eigenvalue weighted by Crippen LogP contribution is -2.37. The highest BCUT2D eigenvalue weighted by atomic mass is 19.4. The number of pyridine rings is 1. The fourth-order valence-electron chi connectivity index (χ4n) is 3.48. The van der Waals surface area contributed by atoms with Crippen LogP contribution in [0.2, 0.25) is 0 Å². The van der Waals surface area contributed by atoms with Gasteiger partial charge >= 0.3 is 6.18 Å². The second kappa shape index (κ2) is 7.92. The number of ether oxygens (including phenoxy) is 2. The molecule has 1 heterocycles. The van der Waals surface area contributed by atoms with Crippen LogP contribution in [0.3, 0.4) is 0 Å². The second-order valence-corrected chi connectivity index (χ2v) is 6.60. The number of nitrogens with two attached hydrogens (primary N) is 1. The lowest BCUT2D eigenvalue weighted by molar-refractivity contribution is -0.139. The van der Waals surface area contributed by atoms with E-state index < -0.39 is 47.9 Å². The molecule has 0 unspecified atom stereocenters. The van der Waals surface area contributed by atoms with Crippen molar-refractivity contribution in [3.8, 4) is 5.75 Å². The summed E-state index contributed by atoms with van der Waals surface area (Å²) >= 11 is 0. The van der Waals surface area contributed by atoms with Crippen molar-refractivity contribution < 1.29 is 31.1 Å². The van der Waals surface area contributed by atoms with Crippen LogP contribution in [0, 0.1) is 5.82 Å². The summed E-state index contributed by atoms with van der Waals surface area (Å²) in [6, 6.07) is 6.41. The molecule has 9 heteroatoms. The summed E-state index contributed by atoms with van der Waals surface area (Å²) < 4.78 is 87.4. The number of nitrogens with zero attached hydrogens (tertiary/aromatic N) is 1. The largest absolute Gasteiger partial charge is 0.490 e. The summed E-state index contributed by atoms with van der Waals surface area (Å²) in [5.74, 6) is 3.69. The average molecular weight is 402 g/mol. The van der Waals surface area contributed by atoms with Crippen molar-refractivity contribution >= 4 is 5.82 Å². The molecule has 0 aliphatic heterocycles. The van der Waals surface area contributed by atoms with Gasteiger partial charge in [-0.05, 0) is 49.4 Å². The molecular formula is C19H21F4N3O2. The lowest BCUT2D eigenvalue weighted by Gasteiger charge is -2.39. The Bertz CT molecular complexity index is 900. The maximum absolute atomic E-state index is 13.5. The minimum atomic E-state index is -4.75. The Morgan fingerprint density at radius 3 is 2.46 bits per heavy atom. The number of nitrogens with one attached hydrogen (secondary N) is 1. The van der Waals surface area contributed by atoms with Gasteiger partial charge in [0.1, 0.15) is 17.1 Å². The van der Waals surface area contributed by atoms with E-state index >= 15 is 0 Å². The lowest BCUT2D eigenvalue weighted by atomic mass is 9.78. The molecule has 1 aliphatic carbocycles. The number of rotatable bonds is 5. The number of hydrogen-bond donors (Lipinski definition) is 2. The Labute approximate surface area is 164 Å². The first-order chi connectivity index (χ1) is 14.4. The molecule has 2 aromatic rings. The van der Waals surface area contributed by atoms with Gasteiger partial charge in [0, 0.05) is 13.2 Å². The van der Waals surface area contributed by atoms with Gasteiger partial charge < -0.3 is 14.9 Å². The molecule has 152 valence electrons. The number of hydrogen-bond acceptors (Lipinski definition) is 5. The highest BCUT2D eigenvalue weighted by Gasteiger charge is 2.41. The smallest absolute Gasteiger partial charge is 0.423 e. The molecule has 1 aromatic carbocycles. The average Bonchev–Trinajstić information content (AvgIpc) is 2.68. The summed E-state index contributed by atoms with van der Waals surface area (Å²) in [6.07, 6.45) is -3.46. The molecule has 0 saturated heterocycles. The topological polar surface area (TPSA) is 69.4 Å². The Balaban J connectivity index is 1.82. The van der Waals surface area contributed by atoms with E-state index in [4.69, 9.17) is 19.4 Å². The zero-order chi connectivity index (χ0) is 22.9. The highest BCUT2D eigenvalue weighted by Crippen LogP contribution is 2.44. The number of hydrazine groups is 1. The third-order valence-electron chi connectivity index (χ3n) is 4.93. The van der Waals surface area contributed by atoms with E-state index in [-0.39, 0.29) is 25.7 Å². The number of anilines is 1. The molecule has 5 nitrogen and oxygen atoms in total. The van der Waals surface area contributed by atoms with E-state index in [0.29, 0.717) is 5.56 Å². The van der Waals surface area contributed by atoms with Crippen molar-refractivity contribution in [1.82, 2.24) is 4.98 Å². The van der Waals surface area contributed by atoms with E-state index in [1.807, 2.05) is 5.43 Å². The fourth-order valence-corrected chi connectivity index (χ4v) is 3.48. The zero-order valence-electron chi connectivity index (χ0n) is 17.7. The fraction of sp³-hybridized carbons (Fsp3) is 0.421. The van der Waals surface area contributed by atoms with Crippen LogP contribution < -0.4 is 16.0 Å². The molecule has 1 fully saturated rings. The summed E-state index contributed by atoms with van der Waals surface area (Å²) in [5.41, 5.74) is 0.0575. The van der Waals surface area contributed by atoms with Gasteiger partial charge in [0.15, 0.2) is 5.82 Å². The highest BCUT2D eigenvalue weighted by molar-refractivity contribution is 5.52. The van der Waals surface area contributed by atoms with Gasteiger partial charge in [-0.1, -0.05) is 12.1 Å². The molecule has 3 rings (SSSR count). The summed E-state index contributed by atoms with van der Waals surface area (Å²) in [7, 11) is -2.71. The van der Waals surface area contributed by atoms with Crippen molar-refractivity contribution in [3.05, 3.63) is 53.5 Å².